The van der Waals surface area contributed by atoms with E-state index in [0.717, 1.165) is 45.2 Å². The molecule has 0 aliphatic rings. The predicted molar refractivity (Wildman–Crippen MR) is 105 cm³/mol. The van der Waals surface area contributed by atoms with Crippen LogP contribution in [0.3, 0.4) is 0 Å². The number of anilines is 2. The summed E-state index contributed by atoms with van der Waals surface area (Å²) < 4.78 is 10.7. The van der Waals surface area contributed by atoms with Gasteiger partial charge in [0.15, 0.2) is 0 Å². The van der Waals surface area contributed by atoms with Crippen LogP contribution in [0.1, 0.15) is 0 Å². The molecule has 7 nitrogen and oxygen atoms in total. The molecule has 0 aliphatic carbocycles. The lowest BCUT2D eigenvalue weighted by Gasteiger charge is -2.21. The highest BCUT2D eigenvalue weighted by Gasteiger charge is 2.11. The number of aromatic amines is 1. The highest BCUT2D eigenvalue weighted by Crippen LogP contribution is 2.32. The van der Waals surface area contributed by atoms with Gasteiger partial charge < -0.3 is 14.4 Å². The number of rotatable bonds is 5. The van der Waals surface area contributed by atoms with Crippen molar-refractivity contribution in [3.05, 3.63) is 55.0 Å². The normalized spacial score (nSPS) is 10.8. The molecule has 0 radical (unpaired) electrons. The number of nitrogens with one attached hydrogen (secondary N) is 1. The van der Waals surface area contributed by atoms with Crippen molar-refractivity contribution in [1.82, 2.24) is 20.2 Å². The molecule has 0 fully saturated rings. The fraction of sp³-hybridized carbons (Fsp3) is 0.150. The topological polar surface area (TPSA) is 76.2 Å². The van der Waals surface area contributed by atoms with Crippen molar-refractivity contribution in [3.63, 3.8) is 0 Å². The number of ether oxygens (including phenoxy) is 2. The summed E-state index contributed by atoms with van der Waals surface area (Å²) in [4.78, 5) is 11.3. The van der Waals surface area contributed by atoms with Gasteiger partial charge >= 0.3 is 0 Å². The van der Waals surface area contributed by atoms with Crippen LogP contribution in [0.25, 0.3) is 22.3 Å². The van der Waals surface area contributed by atoms with Gasteiger partial charge in [-0.2, -0.15) is 5.10 Å². The molecule has 0 spiro atoms. The largest absolute Gasteiger partial charge is 0.497 e. The van der Waals surface area contributed by atoms with Gasteiger partial charge in [0.1, 0.15) is 11.5 Å². The van der Waals surface area contributed by atoms with Gasteiger partial charge in [0.05, 0.1) is 43.3 Å². The Balaban J connectivity index is 1.74. The van der Waals surface area contributed by atoms with Gasteiger partial charge in [0.25, 0.3) is 0 Å². The van der Waals surface area contributed by atoms with Gasteiger partial charge in [-0.1, -0.05) is 0 Å². The van der Waals surface area contributed by atoms with E-state index in [2.05, 4.69) is 20.1 Å². The highest BCUT2D eigenvalue weighted by molar-refractivity contribution is 5.82. The van der Waals surface area contributed by atoms with E-state index in [-0.39, 0.29) is 0 Å². The first kappa shape index (κ1) is 16.8. The van der Waals surface area contributed by atoms with Crippen molar-refractivity contribution >= 4 is 22.4 Å². The maximum Gasteiger partial charge on any atom is 0.124 e. The molecule has 0 saturated heterocycles. The Morgan fingerprint density at radius 2 is 1.67 bits per heavy atom. The Labute approximate surface area is 156 Å². The summed E-state index contributed by atoms with van der Waals surface area (Å²) in [5.74, 6) is 1.47. The SMILES string of the molecule is COc1cc(OC)cc(N(C)c2ccc3ncc(-c4cn[nH]c4)nc3c2)c1. The molecule has 0 saturated carbocycles. The van der Waals surface area contributed by atoms with Crippen LogP contribution in [0.15, 0.2) is 55.0 Å². The molecule has 2 aromatic heterocycles. The number of hydrogen-bond donors (Lipinski definition) is 1. The standard InChI is InChI=1S/C20H19N5O2/c1-25(15-6-16(26-2)9-17(7-15)27-3)14-4-5-18-19(8-14)24-20(12-21-18)13-10-22-23-11-13/h4-12H,1-3H3,(H,22,23). The van der Waals surface area contributed by atoms with Crippen LogP contribution >= 0.6 is 0 Å². The molecule has 7 heteroatoms. The summed E-state index contributed by atoms with van der Waals surface area (Å²) in [5, 5.41) is 6.77. The van der Waals surface area contributed by atoms with E-state index in [1.54, 1.807) is 32.8 Å². The maximum atomic E-state index is 5.37. The first-order valence-electron chi connectivity index (χ1n) is 8.40. The van der Waals surface area contributed by atoms with Gasteiger partial charge in [0, 0.05) is 48.4 Å². The molecule has 2 heterocycles. The Morgan fingerprint density at radius 1 is 0.889 bits per heavy atom. The van der Waals surface area contributed by atoms with E-state index >= 15 is 0 Å². The average molecular weight is 361 g/mol. The fourth-order valence-corrected chi connectivity index (χ4v) is 2.87. The number of hydrogen-bond acceptors (Lipinski definition) is 6. The molecular weight excluding hydrogens is 342 g/mol. The first-order valence-corrected chi connectivity index (χ1v) is 8.40. The molecule has 136 valence electrons. The van der Waals surface area contributed by atoms with Crippen LogP contribution in [0.2, 0.25) is 0 Å². The van der Waals surface area contributed by atoms with Crippen molar-refractivity contribution in [2.75, 3.05) is 26.2 Å². The predicted octanol–water partition coefficient (Wildman–Crippen LogP) is 3.81. The lowest BCUT2D eigenvalue weighted by Crippen LogP contribution is -2.10. The second-order valence-electron chi connectivity index (χ2n) is 6.05. The molecule has 0 unspecified atom stereocenters. The number of H-pyrrole nitrogens is 1. The van der Waals surface area contributed by atoms with Gasteiger partial charge in [-0.3, -0.25) is 10.1 Å². The fourth-order valence-electron chi connectivity index (χ4n) is 2.87. The monoisotopic (exact) mass is 361 g/mol. The van der Waals surface area contributed by atoms with Crippen molar-refractivity contribution in [2.45, 2.75) is 0 Å². The highest BCUT2D eigenvalue weighted by atomic mass is 16.5. The van der Waals surface area contributed by atoms with Crippen molar-refractivity contribution in [2.24, 2.45) is 0 Å². The molecule has 4 aromatic rings. The van der Waals surface area contributed by atoms with Crippen LogP contribution in [-0.2, 0) is 0 Å². The number of fused-ring (bicyclic) bond motifs is 1. The third kappa shape index (κ3) is 3.27. The number of aromatic nitrogens is 4. The van der Waals surface area contributed by atoms with Gasteiger partial charge in [-0.05, 0) is 18.2 Å². The Hall–Kier alpha value is -3.61. The molecule has 0 amide bonds. The minimum Gasteiger partial charge on any atom is -0.497 e. The van der Waals surface area contributed by atoms with E-state index in [9.17, 15) is 0 Å². The van der Waals surface area contributed by atoms with Crippen LogP contribution in [0, 0.1) is 0 Å². The second kappa shape index (κ2) is 6.95. The summed E-state index contributed by atoms with van der Waals surface area (Å²) in [6.45, 7) is 0. The summed E-state index contributed by atoms with van der Waals surface area (Å²) in [6, 6.07) is 11.8. The Bertz CT molecular complexity index is 1060. The molecule has 27 heavy (non-hydrogen) atoms. The van der Waals surface area contributed by atoms with Crippen molar-refractivity contribution in [3.8, 4) is 22.8 Å². The lowest BCUT2D eigenvalue weighted by atomic mass is 10.2. The van der Waals surface area contributed by atoms with E-state index in [1.165, 1.54) is 0 Å². The third-order valence-corrected chi connectivity index (χ3v) is 4.43. The smallest absolute Gasteiger partial charge is 0.124 e. The number of nitrogens with zero attached hydrogens (tertiary/aromatic N) is 4. The van der Waals surface area contributed by atoms with E-state index in [0.29, 0.717) is 0 Å². The molecule has 0 atom stereocenters. The van der Waals surface area contributed by atoms with Gasteiger partial charge in [-0.25, -0.2) is 4.98 Å². The second-order valence-corrected chi connectivity index (χ2v) is 6.05. The molecule has 0 aliphatic heterocycles. The lowest BCUT2D eigenvalue weighted by molar-refractivity contribution is 0.394. The van der Waals surface area contributed by atoms with E-state index in [4.69, 9.17) is 14.5 Å². The summed E-state index contributed by atoms with van der Waals surface area (Å²) >= 11 is 0. The van der Waals surface area contributed by atoms with E-state index < -0.39 is 0 Å². The molecule has 2 aromatic carbocycles. The van der Waals surface area contributed by atoms with Crippen LogP contribution in [0.4, 0.5) is 11.4 Å². The summed E-state index contributed by atoms with van der Waals surface area (Å²) in [7, 11) is 5.27. The molecular formula is C20H19N5O2. The Morgan fingerprint density at radius 3 is 2.33 bits per heavy atom. The minimum atomic E-state index is 0.735. The van der Waals surface area contributed by atoms with Crippen LogP contribution < -0.4 is 14.4 Å². The van der Waals surface area contributed by atoms with Gasteiger partial charge in [0.2, 0.25) is 0 Å². The first-order chi connectivity index (χ1) is 13.2. The zero-order valence-corrected chi connectivity index (χ0v) is 15.3. The summed E-state index contributed by atoms with van der Waals surface area (Å²) in [6.07, 6.45) is 5.28. The van der Waals surface area contributed by atoms with Crippen molar-refractivity contribution < 1.29 is 9.47 Å². The molecule has 4 rings (SSSR count). The quantitative estimate of drug-likeness (QED) is 0.583. The Kier molecular flexibility index (Phi) is 4.33. The maximum absolute atomic E-state index is 5.37. The molecule has 1 N–H and O–H groups in total. The summed E-state index contributed by atoms with van der Waals surface area (Å²) in [5.41, 5.74) is 5.26. The zero-order valence-electron chi connectivity index (χ0n) is 15.3. The zero-order chi connectivity index (χ0) is 18.8. The van der Waals surface area contributed by atoms with Crippen LogP contribution in [0.5, 0.6) is 11.5 Å². The van der Waals surface area contributed by atoms with E-state index in [1.807, 2.05) is 43.4 Å². The number of benzene rings is 2. The third-order valence-electron chi connectivity index (χ3n) is 4.43. The number of methoxy groups -OCH3 is 2. The van der Waals surface area contributed by atoms with Gasteiger partial charge in [-0.15, -0.1) is 0 Å². The van der Waals surface area contributed by atoms with Crippen molar-refractivity contribution in [1.29, 1.82) is 0 Å². The van der Waals surface area contributed by atoms with Crippen LogP contribution in [-0.4, -0.2) is 41.4 Å². The minimum absolute atomic E-state index is 0.735. The molecule has 0 bridgehead atoms. The average Bonchev–Trinajstić information content (AvgIpc) is 3.26.